The Kier molecular flexibility index (Phi) is 3.82. The molecular formula is C19H27N. The van der Waals surface area contributed by atoms with Gasteiger partial charge >= 0.3 is 0 Å². The van der Waals surface area contributed by atoms with Crippen molar-refractivity contribution in [3.8, 4) is 0 Å². The average Bonchev–Trinajstić information content (AvgIpc) is 2.55. The van der Waals surface area contributed by atoms with Gasteiger partial charge in [-0.15, -0.1) is 0 Å². The van der Waals surface area contributed by atoms with Crippen LogP contribution in [0.3, 0.4) is 0 Å². The van der Waals surface area contributed by atoms with E-state index in [9.17, 15) is 0 Å². The largest absolute Gasteiger partial charge is 0.383 e. The lowest BCUT2D eigenvalue weighted by molar-refractivity contribution is 0.516. The summed E-state index contributed by atoms with van der Waals surface area (Å²) in [6, 6.07) is 6.47. The van der Waals surface area contributed by atoms with Gasteiger partial charge < -0.3 is 5.32 Å². The van der Waals surface area contributed by atoms with Gasteiger partial charge in [0.25, 0.3) is 0 Å². The molecule has 0 fully saturated rings. The average molecular weight is 269 g/mol. The van der Waals surface area contributed by atoms with Crippen molar-refractivity contribution in [2.45, 2.75) is 48.5 Å². The molecule has 1 N–H and O–H groups in total. The summed E-state index contributed by atoms with van der Waals surface area (Å²) in [5.41, 5.74) is 10.0. The highest BCUT2D eigenvalue weighted by Crippen LogP contribution is 2.46. The normalized spacial score (nSPS) is 17.9. The molecule has 0 aliphatic heterocycles. The summed E-state index contributed by atoms with van der Waals surface area (Å²) in [6.45, 7) is 16.7. The summed E-state index contributed by atoms with van der Waals surface area (Å²) >= 11 is 0. The van der Waals surface area contributed by atoms with Gasteiger partial charge in [-0.05, 0) is 63.8 Å². The first-order chi connectivity index (χ1) is 9.29. The predicted octanol–water partition coefficient (Wildman–Crippen LogP) is 5.41. The van der Waals surface area contributed by atoms with Crippen molar-refractivity contribution in [3.63, 3.8) is 0 Å². The maximum atomic E-state index is 3.70. The molecule has 0 bridgehead atoms. The predicted molar refractivity (Wildman–Crippen MR) is 89.3 cm³/mol. The first kappa shape index (κ1) is 14.9. The number of aryl methyl sites for hydroxylation is 2. The molecule has 1 aliphatic rings. The van der Waals surface area contributed by atoms with E-state index in [0.717, 1.165) is 6.54 Å². The Balaban J connectivity index is 2.28. The third-order valence-corrected chi connectivity index (χ3v) is 5.44. The number of rotatable bonds is 3. The van der Waals surface area contributed by atoms with Crippen molar-refractivity contribution in [1.82, 2.24) is 0 Å². The van der Waals surface area contributed by atoms with Gasteiger partial charge in [0, 0.05) is 17.6 Å². The highest BCUT2D eigenvalue weighted by atomic mass is 14.9. The highest BCUT2D eigenvalue weighted by molar-refractivity contribution is 5.58. The van der Waals surface area contributed by atoms with Crippen molar-refractivity contribution in [2.75, 3.05) is 11.9 Å². The molecule has 0 amide bonds. The van der Waals surface area contributed by atoms with Crippen LogP contribution in [0.5, 0.6) is 0 Å². The molecule has 1 aromatic rings. The van der Waals surface area contributed by atoms with Gasteiger partial charge in [0.1, 0.15) is 0 Å². The second kappa shape index (κ2) is 5.12. The van der Waals surface area contributed by atoms with Crippen LogP contribution < -0.4 is 5.32 Å². The van der Waals surface area contributed by atoms with E-state index in [-0.39, 0.29) is 5.41 Å². The van der Waals surface area contributed by atoms with E-state index in [1.165, 1.54) is 39.1 Å². The number of para-hydroxylation sites is 1. The van der Waals surface area contributed by atoms with E-state index in [1.54, 1.807) is 0 Å². The quantitative estimate of drug-likeness (QED) is 0.773. The molecule has 0 saturated heterocycles. The van der Waals surface area contributed by atoms with Gasteiger partial charge in [0.05, 0.1) is 0 Å². The van der Waals surface area contributed by atoms with E-state index < -0.39 is 0 Å². The van der Waals surface area contributed by atoms with Crippen molar-refractivity contribution >= 4 is 5.69 Å². The van der Waals surface area contributed by atoms with Crippen molar-refractivity contribution < 1.29 is 0 Å². The Hall–Kier alpha value is -1.50. The molecule has 1 aromatic carbocycles. The lowest BCUT2D eigenvalue weighted by Crippen LogP contribution is -2.28. The number of allylic oxidation sites excluding steroid dienone is 2. The molecule has 0 saturated carbocycles. The third kappa shape index (κ3) is 2.19. The molecule has 20 heavy (non-hydrogen) atoms. The first-order valence-corrected chi connectivity index (χ1v) is 7.45. The van der Waals surface area contributed by atoms with Crippen molar-refractivity contribution in [2.24, 2.45) is 5.41 Å². The van der Waals surface area contributed by atoms with Crippen LogP contribution in [0.15, 0.2) is 40.5 Å². The van der Waals surface area contributed by atoms with E-state index in [0.29, 0.717) is 0 Å². The Morgan fingerprint density at radius 1 is 0.850 bits per heavy atom. The fourth-order valence-electron chi connectivity index (χ4n) is 3.30. The third-order valence-electron chi connectivity index (χ3n) is 5.44. The molecule has 0 unspecified atom stereocenters. The molecule has 1 nitrogen and oxygen atoms in total. The number of benzene rings is 1. The number of hydrogen-bond acceptors (Lipinski definition) is 1. The van der Waals surface area contributed by atoms with E-state index >= 15 is 0 Å². The summed E-state index contributed by atoms with van der Waals surface area (Å²) < 4.78 is 0. The lowest BCUT2D eigenvalue weighted by atomic mass is 9.79. The maximum Gasteiger partial charge on any atom is 0.0399 e. The topological polar surface area (TPSA) is 12.0 Å². The summed E-state index contributed by atoms with van der Waals surface area (Å²) in [6.07, 6.45) is 0. The van der Waals surface area contributed by atoms with Gasteiger partial charge in [-0.25, -0.2) is 0 Å². The summed E-state index contributed by atoms with van der Waals surface area (Å²) in [5.74, 6) is 0. The van der Waals surface area contributed by atoms with Crippen molar-refractivity contribution in [1.29, 1.82) is 0 Å². The zero-order valence-corrected chi connectivity index (χ0v) is 13.9. The molecule has 1 heteroatoms. The van der Waals surface area contributed by atoms with Gasteiger partial charge in [-0.3, -0.25) is 0 Å². The van der Waals surface area contributed by atoms with Crippen LogP contribution in [0.1, 0.15) is 45.7 Å². The van der Waals surface area contributed by atoms with Crippen LogP contribution in [0, 0.1) is 19.3 Å². The minimum atomic E-state index is 0.142. The minimum absolute atomic E-state index is 0.142. The first-order valence-electron chi connectivity index (χ1n) is 7.45. The zero-order valence-electron chi connectivity index (χ0n) is 13.9. The Bertz CT molecular complexity index is 558. The Morgan fingerprint density at radius 3 is 1.75 bits per heavy atom. The molecule has 0 radical (unpaired) electrons. The monoisotopic (exact) mass is 269 g/mol. The molecule has 108 valence electrons. The molecule has 0 heterocycles. The van der Waals surface area contributed by atoms with Crippen LogP contribution in [-0.4, -0.2) is 6.54 Å². The van der Waals surface area contributed by atoms with Crippen LogP contribution in [0.4, 0.5) is 5.69 Å². The molecule has 2 rings (SSSR count). The van der Waals surface area contributed by atoms with E-state index in [1.807, 2.05) is 0 Å². The molecule has 0 spiro atoms. The lowest BCUT2D eigenvalue weighted by Gasteiger charge is -2.30. The SMILES string of the molecule is CC1=C(C)C(C)(CNc2c(C)cccc2C)C(C)=C1C. The van der Waals surface area contributed by atoms with Gasteiger partial charge in [-0.1, -0.05) is 36.3 Å². The summed E-state index contributed by atoms with van der Waals surface area (Å²) in [7, 11) is 0. The molecule has 1 aliphatic carbocycles. The number of hydrogen-bond donors (Lipinski definition) is 1. The minimum Gasteiger partial charge on any atom is -0.383 e. The second-order valence-corrected chi connectivity index (χ2v) is 6.45. The van der Waals surface area contributed by atoms with Crippen LogP contribution in [-0.2, 0) is 0 Å². The maximum absolute atomic E-state index is 3.70. The number of anilines is 1. The van der Waals surface area contributed by atoms with Crippen molar-refractivity contribution in [3.05, 3.63) is 51.6 Å². The Morgan fingerprint density at radius 2 is 1.30 bits per heavy atom. The summed E-state index contributed by atoms with van der Waals surface area (Å²) in [5, 5.41) is 3.70. The van der Waals surface area contributed by atoms with Gasteiger partial charge in [-0.2, -0.15) is 0 Å². The molecule has 0 atom stereocenters. The fraction of sp³-hybridized carbons (Fsp3) is 0.474. The van der Waals surface area contributed by atoms with Gasteiger partial charge in [0.2, 0.25) is 0 Å². The number of nitrogens with one attached hydrogen (secondary N) is 1. The van der Waals surface area contributed by atoms with E-state index in [4.69, 9.17) is 0 Å². The van der Waals surface area contributed by atoms with Gasteiger partial charge in [0.15, 0.2) is 0 Å². The second-order valence-electron chi connectivity index (χ2n) is 6.45. The highest BCUT2D eigenvalue weighted by Gasteiger charge is 2.35. The summed E-state index contributed by atoms with van der Waals surface area (Å²) in [4.78, 5) is 0. The van der Waals surface area contributed by atoms with E-state index in [2.05, 4.69) is 72.0 Å². The smallest absolute Gasteiger partial charge is 0.0399 e. The van der Waals surface area contributed by atoms with Crippen LogP contribution in [0.2, 0.25) is 0 Å². The molecular weight excluding hydrogens is 242 g/mol. The van der Waals surface area contributed by atoms with Crippen LogP contribution in [0.25, 0.3) is 0 Å². The Labute approximate surface area is 123 Å². The molecule has 0 aromatic heterocycles. The van der Waals surface area contributed by atoms with Crippen LogP contribution >= 0.6 is 0 Å². The fourth-order valence-corrected chi connectivity index (χ4v) is 3.30. The zero-order chi connectivity index (χ0) is 15.1. The standard InChI is InChI=1S/C19H27N/c1-12-9-8-10-13(2)18(12)20-11-19(7)16(5)14(3)15(4)17(19)6/h8-10,20H,11H2,1-7H3.